The third kappa shape index (κ3) is 4.60. The van der Waals surface area contributed by atoms with Crippen LogP contribution in [0.4, 0.5) is 18.0 Å². The van der Waals surface area contributed by atoms with Crippen molar-refractivity contribution in [3.05, 3.63) is 11.3 Å². The Labute approximate surface area is 132 Å². The molecule has 0 radical (unpaired) electrons. The molecule has 0 aromatic rings. The van der Waals surface area contributed by atoms with Crippen molar-refractivity contribution in [2.45, 2.75) is 25.9 Å². The summed E-state index contributed by atoms with van der Waals surface area (Å²) >= 11 is 0. The van der Waals surface area contributed by atoms with Crippen molar-refractivity contribution in [3.63, 3.8) is 0 Å². The molecule has 2 N–H and O–H groups in total. The van der Waals surface area contributed by atoms with Crippen LogP contribution in [0.15, 0.2) is 11.3 Å². The van der Waals surface area contributed by atoms with E-state index in [2.05, 4.69) is 10.6 Å². The van der Waals surface area contributed by atoms with Crippen LogP contribution in [0.1, 0.15) is 19.8 Å². The lowest BCUT2D eigenvalue weighted by atomic mass is 9.97. The Morgan fingerprint density at radius 1 is 1.43 bits per heavy atom. The van der Waals surface area contributed by atoms with E-state index in [9.17, 15) is 22.8 Å². The molecule has 0 saturated carbocycles. The van der Waals surface area contributed by atoms with Gasteiger partial charge in [-0.3, -0.25) is 4.90 Å². The molecular formula is C14H20F3N3O3. The largest absolute Gasteiger partial charge is 0.463 e. The number of esters is 1. The average Bonchev–Trinajstić information content (AvgIpc) is 2.47. The van der Waals surface area contributed by atoms with Crippen LogP contribution in [0.3, 0.4) is 0 Å². The molecule has 0 spiro atoms. The van der Waals surface area contributed by atoms with Gasteiger partial charge in [0, 0.05) is 18.8 Å². The highest BCUT2D eigenvalue weighted by atomic mass is 19.4. The second-order valence-electron chi connectivity index (χ2n) is 5.60. The third-order valence-corrected chi connectivity index (χ3v) is 3.93. The van der Waals surface area contributed by atoms with Gasteiger partial charge in [0.2, 0.25) is 0 Å². The number of nitrogens with one attached hydrogen (secondary N) is 2. The number of halogens is 3. The topological polar surface area (TPSA) is 70.7 Å². The fourth-order valence-electron chi connectivity index (χ4n) is 2.77. The highest BCUT2D eigenvalue weighted by Crippen LogP contribution is 2.33. The van der Waals surface area contributed by atoms with Gasteiger partial charge in [0.1, 0.15) is 0 Å². The van der Waals surface area contributed by atoms with Crippen LogP contribution in [-0.4, -0.2) is 55.9 Å². The monoisotopic (exact) mass is 335 g/mol. The zero-order valence-electron chi connectivity index (χ0n) is 12.8. The smallest absolute Gasteiger partial charge is 0.393 e. The van der Waals surface area contributed by atoms with E-state index in [4.69, 9.17) is 4.74 Å². The van der Waals surface area contributed by atoms with Gasteiger partial charge in [-0.25, -0.2) is 9.59 Å². The van der Waals surface area contributed by atoms with E-state index in [1.54, 1.807) is 11.8 Å². The Morgan fingerprint density at radius 2 is 2.17 bits per heavy atom. The number of piperidine rings is 1. The van der Waals surface area contributed by atoms with Crippen molar-refractivity contribution in [1.82, 2.24) is 15.5 Å². The normalized spacial score (nSPS) is 23.3. The van der Waals surface area contributed by atoms with Gasteiger partial charge in [0.05, 0.1) is 24.6 Å². The van der Waals surface area contributed by atoms with Gasteiger partial charge in [-0.05, 0) is 26.3 Å². The third-order valence-electron chi connectivity index (χ3n) is 3.93. The summed E-state index contributed by atoms with van der Waals surface area (Å²) in [5, 5.41) is 4.98. The summed E-state index contributed by atoms with van der Waals surface area (Å²) in [6.07, 6.45) is -3.69. The maximum absolute atomic E-state index is 12.9. The standard InChI is InChI=1S/C14H20F3N3O3/c1-2-23-12(21)10-6-18-13(22)19-11(10)8-20-5-3-4-9(7-20)14(15,16)17/h9H,2-8H2,1H3,(H2,18,19,22)/t9-/m1/s1. The second-order valence-corrected chi connectivity index (χ2v) is 5.60. The number of likely N-dealkylation sites (tertiary alicyclic amines) is 1. The summed E-state index contributed by atoms with van der Waals surface area (Å²) in [5.41, 5.74) is 0.565. The lowest BCUT2D eigenvalue weighted by molar-refractivity contribution is -0.186. The number of hydrogen-bond acceptors (Lipinski definition) is 4. The SMILES string of the molecule is CCOC(=O)C1=C(CN2CCC[C@@H](C(F)(F)F)C2)NC(=O)NC1. The van der Waals surface area contributed by atoms with Crippen molar-refractivity contribution < 1.29 is 27.5 Å². The molecule has 2 aliphatic heterocycles. The predicted octanol–water partition coefficient (Wildman–Crippen LogP) is 1.39. The molecule has 9 heteroatoms. The molecule has 23 heavy (non-hydrogen) atoms. The highest BCUT2D eigenvalue weighted by molar-refractivity contribution is 5.93. The Hall–Kier alpha value is -1.77. The van der Waals surface area contributed by atoms with Gasteiger partial charge in [0.25, 0.3) is 0 Å². The van der Waals surface area contributed by atoms with E-state index in [1.807, 2.05) is 0 Å². The summed E-state index contributed by atoms with van der Waals surface area (Å²) in [6, 6.07) is -0.475. The van der Waals surface area contributed by atoms with Crippen LogP contribution in [0.2, 0.25) is 0 Å². The molecule has 2 rings (SSSR count). The fourth-order valence-corrected chi connectivity index (χ4v) is 2.77. The number of carbonyl (C=O) groups is 2. The highest BCUT2D eigenvalue weighted by Gasteiger charge is 2.42. The predicted molar refractivity (Wildman–Crippen MR) is 75.4 cm³/mol. The first kappa shape index (κ1) is 17.6. The number of amides is 2. The van der Waals surface area contributed by atoms with Gasteiger partial charge in [-0.15, -0.1) is 0 Å². The maximum Gasteiger partial charge on any atom is 0.393 e. The summed E-state index contributed by atoms with van der Waals surface area (Å²) < 4.78 is 43.5. The molecule has 0 aliphatic carbocycles. The molecule has 1 fully saturated rings. The zero-order valence-corrected chi connectivity index (χ0v) is 12.8. The quantitative estimate of drug-likeness (QED) is 0.762. The fraction of sp³-hybridized carbons (Fsp3) is 0.714. The molecule has 1 atom stereocenters. The van der Waals surface area contributed by atoms with E-state index >= 15 is 0 Å². The van der Waals surface area contributed by atoms with Crippen LogP contribution in [0.5, 0.6) is 0 Å². The first-order chi connectivity index (χ1) is 10.8. The summed E-state index contributed by atoms with van der Waals surface area (Å²) in [7, 11) is 0. The lowest BCUT2D eigenvalue weighted by Gasteiger charge is -2.35. The molecule has 2 amide bonds. The number of urea groups is 1. The Morgan fingerprint density at radius 3 is 2.83 bits per heavy atom. The van der Waals surface area contributed by atoms with E-state index in [0.29, 0.717) is 18.7 Å². The summed E-state index contributed by atoms with van der Waals surface area (Å²) in [5.74, 6) is -1.94. The molecule has 1 saturated heterocycles. The Bertz CT molecular complexity index is 505. The molecular weight excluding hydrogens is 315 g/mol. The van der Waals surface area contributed by atoms with Crippen molar-refractivity contribution in [2.75, 3.05) is 32.8 Å². The first-order valence-corrected chi connectivity index (χ1v) is 7.54. The minimum absolute atomic E-state index is 0.0105. The number of nitrogens with zero attached hydrogens (tertiary/aromatic N) is 1. The van der Waals surface area contributed by atoms with Crippen LogP contribution in [0.25, 0.3) is 0 Å². The molecule has 2 aliphatic rings. The summed E-state index contributed by atoms with van der Waals surface area (Å²) in [4.78, 5) is 25.0. The molecule has 0 aromatic heterocycles. The van der Waals surface area contributed by atoms with Crippen molar-refractivity contribution in [1.29, 1.82) is 0 Å². The van der Waals surface area contributed by atoms with Gasteiger partial charge >= 0.3 is 18.2 Å². The van der Waals surface area contributed by atoms with Gasteiger partial charge < -0.3 is 15.4 Å². The first-order valence-electron chi connectivity index (χ1n) is 7.54. The van der Waals surface area contributed by atoms with Crippen molar-refractivity contribution in [2.24, 2.45) is 5.92 Å². The number of carbonyl (C=O) groups excluding carboxylic acids is 2. The number of ether oxygens (including phenoxy) is 1. The molecule has 0 unspecified atom stereocenters. The zero-order chi connectivity index (χ0) is 17.0. The van der Waals surface area contributed by atoms with Gasteiger partial charge in [-0.2, -0.15) is 13.2 Å². The average molecular weight is 335 g/mol. The Kier molecular flexibility index (Phi) is 5.51. The number of hydrogen-bond donors (Lipinski definition) is 2. The maximum atomic E-state index is 12.9. The molecule has 2 heterocycles. The number of alkyl halides is 3. The van der Waals surface area contributed by atoms with Crippen LogP contribution in [0, 0.1) is 5.92 Å². The molecule has 6 nitrogen and oxygen atoms in total. The van der Waals surface area contributed by atoms with E-state index in [0.717, 1.165) is 0 Å². The van der Waals surface area contributed by atoms with E-state index in [1.165, 1.54) is 0 Å². The van der Waals surface area contributed by atoms with E-state index in [-0.39, 0.29) is 38.2 Å². The van der Waals surface area contributed by atoms with Crippen LogP contribution < -0.4 is 10.6 Å². The van der Waals surface area contributed by atoms with Gasteiger partial charge in [-0.1, -0.05) is 0 Å². The van der Waals surface area contributed by atoms with Crippen LogP contribution in [-0.2, 0) is 9.53 Å². The molecule has 130 valence electrons. The Balaban J connectivity index is 2.10. The number of rotatable bonds is 4. The van der Waals surface area contributed by atoms with Crippen LogP contribution >= 0.6 is 0 Å². The van der Waals surface area contributed by atoms with E-state index < -0.39 is 24.1 Å². The lowest BCUT2D eigenvalue weighted by Crippen LogP contribution is -2.49. The summed E-state index contributed by atoms with van der Waals surface area (Å²) in [6.45, 7) is 2.31. The molecule has 0 bridgehead atoms. The minimum Gasteiger partial charge on any atom is -0.463 e. The van der Waals surface area contributed by atoms with Crippen molar-refractivity contribution >= 4 is 12.0 Å². The second kappa shape index (κ2) is 7.20. The minimum atomic E-state index is -4.23. The van der Waals surface area contributed by atoms with Gasteiger partial charge in [0.15, 0.2) is 0 Å². The van der Waals surface area contributed by atoms with Crippen molar-refractivity contribution in [3.8, 4) is 0 Å². The molecule has 0 aromatic carbocycles.